The summed E-state index contributed by atoms with van der Waals surface area (Å²) in [7, 11) is 0. The highest BCUT2D eigenvalue weighted by atomic mass is 35.5. The molecule has 0 spiro atoms. The topological polar surface area (TPSA) is 58.4 Å². The molecule has 1 saturated heterocycles. The van der Waals surface area contributed by atoms with E-state index in [1.165, 1.54) is 5.56 Å². The van der Waals surface area contributed by atoms with Crippen LogP contribution in [0.2, 0.25) is 5.02 Å². The minimum absolute atomic E-state index is 0.0171. The number of carbonyl (C=O) groups is 2. The van der Waals surface area contributed by atoms with Gasteiger partial charge in [0.2, 0.25) is 5.91 Å². The molecule has 4 rings (SSSR count). The van der Waals surface area contributed by atoms with Crippen molar-refractivity contribution in [3.05, 3.63) is 87.7 Å². The van der Waals surface area contributed by atoms with Crippen LogP contribution in [0.15, 0.2) is 54.6 Å². The van der Waals surface area contributed by atoms with Crippen LogP contribution >= 0.6 is 11.6 Å². The van der Waals surface area contributed by atoms with E-state index in [2.05, 4.69) is 17.2 Å². The number of amides is 2. The van der Waals surface area contributed by atoms with Crippen LogP contribution in [0.1, 0.15) is 45.7 Å². The first-order valence-electron chi connectivity index (χ1n) is 11.8. The molecule has 178 valence electrons. The summed E-state index contributed by atoms with van der Waals surface area (Å²) in [6.45, 7) is 6.54. The summed E-state index contributed by atoms with van der Waals surface area (Å²) in [5.41, 5.74) is 4.42. The van der Waals surface area contributed by atoms with Crippen molar-refractivity contribution in [1.82, 2.24) is 19.6 Å². The van der Waals surface area contributed by atoms with Gasteiger partial charge in [0.15, 0.2) is 0 Å². The maximum Gasteiger partial charge on any atom is 0.257 e. The molecule has 1 aliphatic heterocycles. The molecule has 0 N–H and O–H groups in total. The second-order valence-electron chi connectivity index (χ2n) is 8.81. The van der Waals surface area contributed by atoms with Gasteiger partial charge >= 0.3 is 0 Å². The van der Waals surface area contributed by atoms with Crippen molar-refractivity contribution in [1.29, 1.82) is 0 Å². The maximum atomic E-state index is 13.3. The van der Waals surface area contributed by atoms with Crippen LogP contribution in [0.5, 0.6) is 0 Å². The Bertz CT molecular complexity index is 1150. The van der Waals surface area contributed by atoms with Gasteiger partial charge in [0.1, 0.15) is 0 Å². The van der Waals surface area contributed by atoms with Crippen LogP contribution in [-0.2, 0) is 17.8 Å². The van der Waals surface area contributed by atoms with E-state index in [9.17, 15) is 9.59 Å². The zero-order valence-corrected chi connectivity index (χ0v) is 20.6. The molecule has 0 unspecified atom stereocenters. The van der Waals surface area contributed by atoms with Crippen LogP contribution in [0.25, 0.3) is 0 Å². The lowest BCUT2D eigenvalue weighted by Gasteiger charge is -2.35. The van der Waals surface area contributed by atoms with E-state index in [1.807, 2.05) is 70.8 Å². The van der Waals surface area contributed by atoms with Gasteiger partial charge in [0.25, 0.3) is 5.91 Å². The third kappa shape index (κ3) is 5.50. The number of benzene rings is 2. The molecule has 1 aliphatic rings. The van der Waals surface area contributed by atoms with Crippen LogP contribution in [-0.4, -0.2) is 57.6 Å². The van der Waals surface area contributed by atoms with E-state index in [0.29, 0.717) is 55.4 Å². The number of nitrogens with zero attached hydrogens (tertiary/aromatic N) is 4. The zero-order valence-electron chi connectivity index (χ0n) is 19.8. The van der Waals surface area contributed by atoms with E-state index in [4.69, 9.17) is 11.6 Å². The second kappa shape index (κ2) is 10.9. The van der Waals surface area contributed by atoms with Crippen molar-refractivity contribution in [2.75, 3.05) is 26.2 Å². The van der Waals surface area contributed by atoms with Crippen LogP contribution in [0.4, 0.5) is 0 Å². The van der Waals surface area contributed by atoms with Crippen molar-refractivity contribution in [2.45, 2.75) is 39.7 Å². The summed E-state index contributed by atoms with van der Waals surface area (Å²) in [6, 6.07) is 17.9. The fourth-order valence-electron chi connectivity index (χ4n) is 4.51. The van der Waals surface area contributed by atoms with Crippen molar-refractivity contribution < 1.29 is 9.59 Å². The normalized spacial score (nSPS) is 13.9. The van der Waals surface area contributed by atoms with E-state index < -0.39 is 0 Å². The smallest absolute Gasteiger partial charge is 0.257 e. The Morgan fingerprint density at radius 1 is 0.912 bits per heavy atom. The molecule has 7 heteroatoms. The first kappa shape index (κ1) is 24.0. The molecule has 2 amide bonds. The van der Waals surface area contributed by atoms with Gasteiger partial charge in [-0.3, -0.25) is 14.3 Å². The van der Waals surface area contributed by atoms with Crippen LogP contribution < -0.4 is 0 Å². The van der Waals surface area contributed by atoms with Crippen molar-refractivity contribution >= 4 is 23.4 Å². The van der Waals surface area contributed by atoms with Gasteiger partial charge in [-0.2, -0.15) is 5.10 Å². The lowest BCUT2D eigenvalue weighted by molar-refractivity contribution is -0.132. The molecule has 3 aromatic rings. The molecule has 2 aromatic carbocycles. The first-order chi connectivity index (χ1) is 16.4. The SMILES string of the molecule is Cc1nn(Cc2ccccc2Cl)c(C)c1C(=O)N1CCN(C(=O)CCCc2ccccc2)CC1. The van der Waals surface area contributed by atoms with Gasteiger partial charge in [-0.15, -0.1) is 0 Å². The number of aromatic nitrogens is 2. The third-order valence-corrected chi connectivity index (χ3v) is 6.86. The molecule has 0 aliphatic carbocycles. The van der Waals surface area contributed by atoms with Crippen LogP contribution in [0, 0.1) is 13.8 Å². The van der Waals surface area contributed by atoms with Gasteiger partial charge in [-0.1, -0.05) is 60.1 Å². The van der Waals surface area contributed by atoms with Crippen LogP contribution in [0.3, 0.4) is 0 Å². The molecular formula is C27H31ClN4O2. The minimum Gasteiger partial charge on any atom is -0.339 e. The summed E-state index contributed by atoms with van der Waals surface area (Å²) in [6.07, 6.45) is 2.28. The molecule has 2 heterocycles. The quantitative estimate of drug-likeness (QED) is 0.502. The summed E-state index contributed by atoms with van der Waals surface area (Å²) < 4.78 is 1.84. The van der Waals surface area contributed by atoms with Crippen molar-refractivity contribution in [3.63, 3.8) is 0 Å². The summed E-state index contributed by atoms with van der Waals surface area (Å²) >= 11 is 6.31. The number of aryl methyl sites for hydroxylation is 2. The van der Waals surface area contributed by atoms with Gasteiger partial charge < -0.3 is 9.80 Å². The maximum absolute atomic E-state index is 13.3. The molecule has 0 saturated carbocycles. The first-order valence-corrected chi connectivity index (χ1v) is 12.2. The summed E-state index contributed by atoms with van der Waals surface area (Å²) in [4.78, 5) is 29.7. The Morgan fingerprint density at radius 3 is 2.26 bits per heavy atom. The van der Waals surface area contributed by atoms with Gasteiger partial charge in [0.05, 0.1) is 17.8 Å². The van der Waals surface area contributed by atoms with E-state index in [-0.39, 0.29) is 11.8 Å². The highest BCUT2D eigenvalue weighted by molar-refractivity contribution is 6.31. The number of halogens is 1. The fraction of sp³-hybridized carbons (Fsp3) is 0.370. The number of hydrogen-bond acceptors (Lipinski definition) is 3. The lowest BCUT2D eigenvalue weighted by Crippen LogP contribution is -2.50. The zero-order chi connectivity index (χ0) is 24.1. The predicted molar refractivity (Wildman–Crippen MR) is 134 cm³/mol. The van der Waals surface area contributed by atoms with Gasteiger partial charge in [-0.25, -0.2) is 0 Å². The Hall–Kier alpha value is -3.12. The van der Waals surface area contributed by atoms with Crippen molar-refractivity contribution in [2.24, 2.45) is 0 Å². The minimum atomic E-state index is -0.0171. The monoisotopic (exact) mass is 478 g/mol. The number of carbonyl (C=O) groups excluding carboxylic acids is 2. The average Bonchev–Trinajstić information content (AvgIpc) is 3.13. The van der Waals surface area contributed by atoms with Gasteiger partial charge in [-0.05, 0) is 43.9 Å². The summed E-state index contributed by atoms with van der Waals surface area (Å²) in [5.74, 6) is 0.152. The highest BCUT2D eigenvalue weighted by Gasteiger charge is 2.28. The Kier molecular flexibility index (Phi) is 7.68. The molecule has 34 heavy (non-hydrogen) atoms. The number of piperazine rings is 1. The molecule has 6 nitrogen and oxygen atoms in total. The number of rotatable bonds is 7. The van der Waals surface area contributed by atoms with E-state index >= 15 is 0 Å². The molecule has 0 radical (unpaired) electrons. The molecule has 0 atom stereocenters. The summed E-state index contributed by atoms with van der Waals surface area (Å²) in [5, 5.41) is 5.30. The fourth-order valence-corrected chi connectivity index (χ4v) is 4.71. The standard InChI is InChI=1S/C27H31ClN4O2/c1-20-26(21(2)32(29-20)19-23-12-6-7-13-24(23)28)27(34)31-17-15-30(16-18-31)25(33)14-8-11-22-9-4-3-5-10-22/h3-7,9-10,12-13H,8,11,14-19H2,1-2H3. The van der Waals surface area contributed by atoms with E-state index in [1.54, 1.807) is 0 Å². The Balaban J connectivity index is 1.32. The third-order valence-electron chi connectivity index (χ3n) is 6.49. The Labute approximate surface area is 206 Å². The molecule has 1 aromatic heterocycles. The second-order valence-corrected chi connectivity index (χ2v) is 9.21. The van der Waals surface area contributed by atoms with E-state index in [0.717, 1.165) is 24.1 Å². The predicted octanol–water partition coefficient (Wildman–Crippen LogP) is 4.51. The highest BCUT2D eigenvalue weighted by Crippen LogP contribution is 2.21. The Morgan fingerprint density at radius 2 is 1.56 bits per heavy atom. The van der Waals surface area contributed by atoms with Gasteiger partial charge in [0, 0.05) is 43.3 Å². The largest absolute Gasteiger partial charge is 0.339 e. The molecular weight excluding hydrogens is 448 g/mol. The number of hydrogen-bond donors (Lipinski definition) is 0. The lowest BCUT2D eigenvalue weighted by atomic mass is 10.1. The van der Waals surface area contributed by atoms with Crippen molar-refractivity contribution in [3.8, 4) is 0 Å². The average molecular weight is 479 g/mol. The molecule has 0 bridgehead atoms. The molecule has 1 fully saturated rings.